The van der Waals surface area contributed by atoms with Gasteiger partial charge >= 0.3 is 12.0 Å². The summed E-state index contributed by atoms with van der Waals surface area (Å²) in [7, 11) is 1.51. The summed E-state index contributed by atoms with van der Waals surface area (Å²) in [6.45, 7) is 2.05. The van der Waals surface area contributed by atoms with Crippen LogP contribution in [0.1, 0.15) is 17.3 Å². The first-order valence-corrected chi connectivity index (χ1v) is 7.60. The van der Waals surface area contributed by atoms with Crippen molar-refractivity contribution in [1.82, 2.24) is 0 Å². The number of anilines is 2. The van der Waals surface area contributed by atoms with Crippen LogP contribution in [-0.2, 0) is 4.74 Å². The number of amides is 2. The highest BCUT2D eigenvalue weighted by Gasteiger charge is 2.08. The Labute approximate surface area is 144 Å². The van der Waals surface area contributed by atoms with E-state index in [0.29, 0.717) is 34.3 Å². The van der Waals surface area contributed by atoms with E-state index in [-0.39, 0.29) is 0 Å². The smallest absolute Gasteiger partial charge is 0.338 e. The van der Waals surface area contributed by atoms with Crippen LogP contribution in [0, 0.1) is 0 Å². The predicted molar refractivity (Wildman–Crippen MR) is 93.0 cm³/mol. The van der Waals surface area contributed by atoms with Gasteiger partial charge in [-0.1, -0.05) is 11.6 Å². The molecule has 0 heterocycles. The lowest BCUT2D eigenvalue weighted by Crippen LogP contribution is -2.19. The number of nitrogens with one attached hydrogen (secondary N) is 2. The number of rotatable bonds is 5. The summed E-state index contributed by atoms with van der Waals surface area (Å²) < 4.78 is 9.95. The highest BCUT2D eigenvalue weighted by atomic mass is 35.5. The molecule has 0 aromatic heterocycles. The molecule has 2 aromatic carbocycles. The largest absolute Gasteiger partial charge is 0.495 e. The molecule has 0 aliphatic heterocycles. The number of halogens is 1. The zero-order valence-corrected chi connectivity index (χ0v) is 14.0. The first kappa shape index (κ1) is 17.6. The zero-order chi connectivity index (χ0) is 17.5. The van der Waals surface area contributed by atoms with Gasteiger partial charge in [-0.2, -0.15) is 0 Å². The monoisotopic (exact) mass is 348 g/mol. The second-order valence-corrected chi connectivity index (χ2v) is 5.13. The van der Waals surface area contributed by atoms with Crippen LogP contribution < -0.4 is 15.4 Å². The Morgan fingerprint density at radius 3 is 2.25 bits per heavy atom. The van der Waals surface area contributed by atoms with Gasteiger partial charge in [-0.3, -0.25) is 0 Å². The molecule has 0 fully saturated rings. The van der Waals surface area contributed by atoms with Crippen molar-refractivity contribution in [2.24, 2.45) is 0 Å². The van der Waals surface area contributed by atoms with Gasteiger partial charge in [0.1, 0.15) is 5.75 Å². The fraction of sp³-hybridized carbons (Fsp3) is 0.176. The summed E-state index contributed by atoms with van der Waals surface area (Å²) in [5.74, 6) is 0.124. The minimum Gasteiger partial charge on any atom is -0.495 e. The third kappa shape index (κ3) is 4.63. The van der Waals surface area contributed by atoms with Gasteiger partial charge in [0, 0.05) is 11.4 Å². The van der Waals surface area contributed by atoms with Crippen molar-refractivity contribution in [3.63, 3.8) is 0 Å². The molecule has 126 valence electrons. The summed E-state index contributed by atoms with van der Waals surface area (Å²) in [6.07, 6.45) is 0. The summed E-state index contributed by atoms with van der Waals surface area (Å²) in [4.78, 5) is 23.5. The number of urea groups is 1. The Balaban J connectivity index is 1.97. The molecule has 6 nitrogen and oxygen atoms in total. The maximum atomic E-state index is 12.0. The minimum absolute atomic E-state index is 0.311. The Hall–Kier alpha value is -2.73. The summed E-state index contributed by atoms with van der Waals surface area (Å²) in [5, 5.41) is 5.72. The van der Waals surface area contributed by atoms with E-state index >= 15 is 0 Å². The van der Waals surface area contributed by atoms with Crippen LogP contribution in [-0.4, -0.2) is 25.7 Å². The van der Waals surface area contributed by atoms with E-state index in [4.69, 9.17) is 21.1 Å². The molecule has 0 atom stereocenters. The zero-order valence-electron chi connectivity index (χ0n) is 13.3. The first-order chi connectivity index (χ1) is 11.5. The Bertz CT molecular complexity index is 732. The number of carbonyl (C=O) groups excluding carboxylic acids is 2. The molecule has 0 radical (unpaired) electrons. The fourth-order valence-corrected chi connectivity index (χ4v) is 2.20. The molecule has 0 aliphatic carbocycles. The normalized spacial score (nSPS) is 9.96. The number of methoxy groups -OCH3 is 1. The van der Waals surface area contributed by atoms with Crippen LogP contribution in [0.25, 0.3) is 0 Å². The molecule has 2 aromatic rings. The molecular formula is C17H17ClN2O4. The predicted octanol–water partition coefficient (Wildman–Crippen LogP) is 4.17. The van der Waals surface area contributed by atoms with Gasteiger partial charge in [-0.05, 0) is 49.4 Å². The maximum absolute atomic E-state index is 12.0. The van der Waals surface area contributed by atoms with Gasteiger partial charge in [0.25, 0.3) is 0 Å². The highest BCUT2D eigenvalue weighted by Crippen LogP contribution is 2.27. The second-order valence-electron chi connectivity index (χ2n) is 4.73. The fourth-order valence-electron chi connectivity index (χ4n) is 1.94. The lowest BCUT2D eigenvalue weighted by Gasteiger charge is -2.10. The number of hydrogen-bond acceptors (Lipinski definition) is 4. The third-order valence-corrected chi connectivity index (χ3v) is 3.36. The lowest BCUT2D eigenvalue weighted by atomic mass is 10.2. The Kier molecular flexibility index (Phi) is 6.03. The summed E-state index contributed by atoms with van der Waals surface area (Å²) in [5.41, 5.74) is 1.49. The van der Waals surface area contributed by atoms with Crippen molar-refractivity contribution in [2.45, 2.75) is 6.92 Å². The Morgan fingerprint density at radius 2 is 1.67 bits per heavy atom. The molecule has 2 N–H and O–H groups in total. The van der Waals surface area contributed by atoms with E-state index in [0.717, 1.165) is 0 Å². The molecule has 2 amide bonds. The molecule has 0 spiro atoms. The maximum Gasteiger partial charge on any atom is 0.338 e. The second kappa shape index (κ2) is 8.21. The molecule has 0 unspecified atom stereocenters. The minimum atomic E-state index is -0.430. The molecule has 0 saturated heterocycles. The van der Waals surface area contributed by atoms with Gasteiger partial charge in [0.15, 0.2) is 0 Å². The number of benzene rings is 2. The van der Waals surface area contributed by atoms with Crippen molar-refractivity contribution in [3.05, 3.63) is 53.1 Å². The van der Waals surface area contributed by atoms with E-state index < -0.39 is 12.0 Å². The molecule has 7 heteroatoms. The van der Waals surface area contributed by atoms with Crippen LogP contribution in [0.15, 0.2) is 42.5 Å². The number of ether oxygens (including phenoxy) is 2. The summed E-state index contributed by atoms with van der Waals surface area (Å²) in [6, 6.07) is 10.9. The van der Waals surface area contributed by atoms with Crippen LogP contribution >= 0.6 is 11.6 Å². The van der Waals surface area contributed by atoms with Crippen LogP contribution in [0.5, 0.6) is 5.75 Å². The Morgan fingerprint density at radius 1 is 1.04 bits per heavy atom. The van der Waals surface area contributed by atoms with Crippen molar-refractivity contribution >= 4 is 35.0 Å². The molecule has 0 saturated carbocycles. The summed E-state index contributed by atoms with van der Waals surface area (Å²) >= 11 is 6.01. The highest BCUT2D eigenvalue weighted by molar-refractivity contribution is 6.32. The van der Waals surface area contributed by atoms with Crippen molar-refractivity contribution in [2.75, 3.05) is 24.4 Å². The number of esters is 1. The van der Waals surface area contributed by atoms with Gasteiger partial charge in [0.2, 0.25) is 0 Å². The quantitative estimate of drug-likeness (QED) is 0.795. The first-order valence-electron chi connectivity index (χ1n) is 7.22. The molecule has 0 bridgehead atoms. The lowest BCUT2D eigenvalue weighted by molar-refractivity contribution is 0.0526. The average molecular weight is 349 g/mol. The SMILES string of the molecule is CCOC(=O)c1ccc(NC(=O)Nc2ccc(OC)c(Cl)c2)cc1. The van der Waals surface area contributed by atoms with E-state index in [1.807, 2.05) is 0 Å². The van der Waals surface area contributed by atoms with E-state index in [1.165, 1.54) is 7.11 Å². The van der Waals surface area contributed by atoms with Crippen molar-refractivity contribution < 1.29 is 19.1 Å². The van der Waals surface area contributed by atoms with Gasteiger partial charge < -0.3 is 20.1 Å². The van der Waals surface area contributed by atoms with E-state index in [2.05, 4.69) is 10.6 Å². The van der Waals surface area contributed by atoms with E-state index in [1.54, 1.807) is 49.4 Å². The number of carbonyl (C=O) groups is 2. The van der Waals surface area contributed by atoms with E-state index in [9.17, 15) is 9.59 Å². The van der Waals surface area contributed by atoms with Crippen molar-refractivity contribution in [1.29, 1.82) is 0 Å². The van der Waals surface area contributed by atoms with Gasteiger partial charge in [-0.25, -0.2) is 9.59 Å². The van der Waals surface area contributed by atoms with Gasteiger partial charge in [-0.15, -0.1) is 0 Å². The van der Waals surface area contributed by atoms with Crippen LogP contribution in [0.2, 0.25) is 5.02 Å². The molecule has 0 aliphatic rings. The molecular weight excluding hydrogens is 332 g/mol. The molecule has 24 heavy (non-hydrogen) atoms. The number of hydrogen-bond donors (Lipinski definition) is 2. The van der Waals surface area contributed by atoms with Crippen LogP contribution in [0.4, 0.5) is 16.2 Å². The van der Waals surface area contributed by atoms with Crippen molar-refractivity contribution in [3.8, 4) is 5.75 Å². The average Bonchev–Trinajstić information content (AvgIpc) is 2.56. The van der Waals surface area contributed by atoms with Gasteiger partial charge in [0.05, 0.1) is 24.3 Å². The van der Waals surface area contributed by atoms with Crippen LogP contribution in [0.3, 0.4) is 0 Å². The third-order valence-electron chi connectivity index (χ3n) is 3.06. The topological polar surface area (TPSA) is 76.7 Å². The molecule has 2 rings (SSSR count). The standard InChI is InChI=1S/C17H17ClN2O4/c1-3-24-16(21)11-4-6-12(7-5-11)19-17(22)20-13-8-9-15(23-2)14(18)10-13/h4-10H,3H2,1-2H3,(H2,19,20,22).